The van der Waals surface area contributed by atoms with Crippen LogP contribution in [0.3, 0.4) is 0 Å². The standard InChI is InChI=1S/C27H28F5N9O2/c1-2-15-9-17(3-4-18(15)26(43)36-11-22(42)39-7-5-16(33)12-39)37-24-25-35-10-20(41(25)8-6-34-24)19-13-40(14-21(28)29)38-23(19)27(30,31)32/h3-4,6,8-10,13,16,21H,2,5,7,11-12,14,33H2,1H3,(H,34,37)(H,36,43)/t16-/m0/s1. The number of nitrogens with two attached hydrogens (primary N) is 1. The summed E-state index contributed by atoms with van der Waals surface area (Å²) in [5.74, 6) is -0.415. The Kier molecular flexibility index (Phi) is 8.30. The monoisotopic (exact) mass is 605 g/mol. The summed E-state index contributed by atoms with van der Waals surface area (Å²) in [7, 11) is 0. The average molecular weight is 606 g/mol. The quantitative estimate of drug-likeness (QED) is 0.249. The first-order chi connectivity index (χ1) is 20.4. The van der Waals surface area contributed by atoms with Gasteiger partial charge in [0, 0.05) is 49.0 Å². The molecule has 228 valence electrons. The Bertz CT molecular complexity index is 1650. The third kappa shape index (κ3) is 6.43. The summed E-state index contributed by atoms with van der Waals surface area (Å²) in [5, 5.41) is 9.08. The summed E-state index contributed by atoms with van der Waals surface area (Å²) in [6.45, 7) is 1.73. The minimum Gasteiger partial charge on any atom is -0.343 e. The first-order valence-corrected chi connectivity index (χ1v) is 13.4. The van der Waals surface area contributed by atoms with Crippen LogP contribution in [0.1, 0.15) is 35.0 Å². The molecule has 1 aliphatic rings. The Morgan fingerprint density at radius 1 is 1.21 bits per heavy atom. The summed E-state index contributed by atoms with van der Waals surface area (Å²) in [6.07, 6.45) is -1.72. The number of alkyl halides is 5. The Balaban J connectivity index is 1.37. The van der Waals surface area contributed by atoms with Crippen molar-refractivity contribution in [1.82, 2.24) is 34.4 Å². The molecule has 2 amide bonds. The maximum Gasteiger partial charge on any atom is 0.435 e. The number of aromatic nitrogens is 5. The minimum atomic E-state index is -4.89. The molecule has 0 bridgehead atoms. The van der Waals surface area contributed by atoms with Crippen molar-refractivity contribution in [3.63, 3.8) is 0 Å². The first kappa shape index (κ1) is 29.9. The van der Waals surface area contributed by atoms with Crippen molar-refractivity contribution < 1.29 is 31.5 Å². The molecule has 1 atom stereocenters. The van der Waals surface area contributed by atoms with Crippen LogP contribution in [0.2, 0.25) is 0 Å². The minimum absolute atomic E-state index is 0.0139. The Hall–Kier alpha value is -4.60. The van der Waals surface area contributed by atoms with Gasteiger partial charge in [-0.25, -0.2) is 18.7 Å². The number of anilines is 2. The summed E-state index contributed by atoms with van der Waals surface area (Å²) in [5.41, 5.74) is 5.87. The first-order valence-electron chi connectivity index (χ1n) is 13.4. The van der Waals surface area contributed by atoms with Gasteiger partial charge in [0.1, 0.15) is 6.54 Å². The third-order valence-corrected chi connectivity index (χ3v) is 7.03. The van der Waals surface area contributed by atoms with Gasteiger partial charge in [-0.1, -0.05) is 6.92 Å². The number of aryl methyl sites for hydroxylation is 1. The van der Waals surface area contributed by atoms with E-state index in [0.717, 1.165) is 12.6 Å². The van der Waals surface area contributed by atoms with E-state index in [2.05, 4.69) is 25.7 Å². The molecule has 1 aromatic carbocycles. The maximum atomic E-state index is 13.7. The highest BCUT2D eigenvalue weighted by atomic mass is 19.4. The predicted octanol–water partition coefficient (Wildman–Crippen LogP) is 3.47. The van der Waals surface area contributed by atoms with Gasteiger partial charge in [-0.2, -0.15) is 18.3 Å². The van der Waals surface area contributed by atoms with Gasteiger partial charge in [0.15, 0.2) is 17.2 Å². The molecule has 1 saturated heterocycles. The lowest BCUT2D eigenvalue weighted by Crippen LogP contribution is -2.40. The number of nitrogens with zero attached hydrogens (tertiary/aromatic N) is 6. The Labute approximate surface area is 241 Å². The lowest BCUT2D eigenvalue weighted by atomic mass is 10.0. The molecular formula is C27H28F5N9O2. The number of benzene rings is 1. The van der Waals surface area contributed by atoms with Gasteiger partial charge >= 0.3 is 6.18 Å². The van der Waals surface area contributed by atoms with Gasteiger partial charge in [-0.3, -0.25) is 18.7 Å². The second-order valence-electron chi connectivity index (χ2n) is 10.0. The zero-order valence-electron chi connectivity index (χ0n) is 22.9. The topological polar surface area (TPSA) is 135 Å². The van der Waals surface area contributed by atoms with Crippen molar-refractivity contribution >= 4 is 29.0 Å². The lowest BCUT2D eigenvalue weighted by Gasteiger charge is -2.17. The van der Waals surface area contributed by atoms with Crippen LogP contribution in [-0.2, 0) is 23.9 Å². The molecule has 0 unspecified atom stereocenters. The highest BCUT2D eigenvalue weighted by Gasteiger charge is 2.38. The SMILES string of the molecule is CCc1cc(Nc2nccn3c(-c4cn(CC(F)F)nc4C(F)(F)F)cnc23)ccc1C(=O)NCC(=O)N1CC[C@H](N)C1. The number of amides is 2. The van der Waals surface area contributed by atoms with Gasteiger partial charge in [-0.05, 0) is 36.6 Å². The van der Waals surface area contributed by atoms with Crippen molar-refractivity contribution in [3.05, 3.63) is 59.8 Å². The summed E-state index contributed by atoms with van der Waals surface area (Å²) in [6, 6.07) is 4.88. The number of hydrogen-bond donors (Lipinski definition) is 3. The van der Waals surface area contributed by atoms with Crippen molar-refractivity contribution in [3.8, 4) is 11.3 Å². The van der Waals surface area contributed by atoms with Crippen LogP contribution in [0, 0.1) is 0 Å². The van der Waals surface area contributed by atoms with Gasteiger partial charge < -0.3 is 21.3 Å². The van der Waals surface area contributed by atoms with Crippen LogP contribution in [0.25, 0.3) is 16.9 Å². The molecule has 0 aliphatic carbocycles. The predicted molar refractivity (Wildman–Crippen MR) is 146 cm³/mol. The zero-order chi connectivity index (χ0) is 30.9. The lowest BCUT2D eigenvalue weighted by molar-refractivity contribution is -0.141. The van der Waals surface area contributed by atoms with E-state index in [9.17, 15) is 31.5 Å². The molecule has 4 aromatic rings. The van der Waals surface area contributed by atoms with Crippen molar-refractivity contribution in [2.75, 3.05) is 25.0 Å². The highest BCUT2D eigenvalue weighted by molar-refractivity contribution is 5.98. The molecule has 43 heavy (non-hydrogen) atoms. The number of fused-ring (bicyclic) bond motifs is 1. The van der Waals surface area contributed by atoms with Crippen molar-refractivity contribution in [1.29, 1.82) is 0 Å². The van der Waals surface area contributed by atoms with E-state index >= 15 is 0 Å². The molecule has 3 aromatic heterocycles. The second kappa shape index (κ2) is 11.9. The molecule has 11 nitrogen and oxygen atoms in total. The molecule has 1 aliphatic heterocycles. The van der Waals surface area contributed by atoms with Crippen molar-refractivity contribution in [2.24, 2.45) is 5.73 Å². The molecule has 0 spiro atoms. The van der Waals surface area contributed by atoms with Gasteiger partial charge in [0.25, 0.3) is 12.3 Å². The number of imidazole rings is 1. The summed E-state index contributed by atoms with van der Waals surface area (Å²) < 4.78 is 68.8. The van der Waals surface area contributed by atoms with Crippen LogP contribution in [0.5, 0.6) is 0 Å². The van der Waals surface area contributed by atoms with E-state index in [0.29, 0.717) is 41.0 Å². The fourth-order valence-electron chi connectivity index (χ4n) is 4.96. The normalized spacial score (nSPS) is 15.4. The fraction of sp³-hybridized carbons (Fsp3) is 0.370. The zero-order valence-corrected chi connectivity index (χ0v) is 22.9. The van der Waals surface area contributed by atoms with E-state index in [-0.39, 0.29) is 35.7 Å². The second-order valence-corrected chi connectivity index (χ2v) is 10.0. The molecule has 16 heteroatoms. The van der Waals surface area contributed by atoms with E-state index in [1.54, 1.807) is 23.1 Å². The Morgan fingerprint density at radius 2 is 2.00 bits per heavy atom. The fourth-order valence-corrected chi connectivity index (χ4v) is 4.96. The van der Waals surface area contributed by atoms with E-state index in [4.69, 9.17) is 5.73 Å². The highest BCUT2D eigenvalue weighted by Crippen LogP contribution is 2.37. The Morgan fingerprint density at radius 3 is 2.67 bits per heavy atom. The number of halogens is 5. The number of rotatable bonds is 9. The maximum absolute atomic E-state index is 13.7. The smallest absolute Gasteiger partial charge is 0.343 e. The van der Waals surface area contributed by atoms with E-state index in [1.807, 2.05) is 6.92 Å². The molecular weight excluding hydrogens is 577 g/mol. The summed E-state index contributed by atoms with van der Waals surface area (Å²) in [4.78, 5) is 35.4. The van der Waals surface area contributed by atoms with Crippen LogP contribution >= 0.6 is 0 Å². The number of likely N-dealkylation sites (tertiary alicyclic amines) is 1. The molecule has 4 N–H and O–H groups in total. The van der Waals surface area contributed by atoms with Crippen molar-refractivity contribution in [2.45, 2.75) is 45.0 Å². The van der Waals surface area contributed by atoms with Gasteiger partial charge in [0.2, 0.25) is 5.91 Å². The molecule has 0 radical (unpaired) electrons. The van der Waals surface area contributed by atoms with Gasteiger partial charge in [-0.15, -0.1) is 0 Å². The molecule has 1 fully saturated rings. The average Bonchev–Trinajstić information content (AvgIpc) is 3.69. The molecule has 4 heterocycles. The number of carbonyl (C=O) groups is 2. The third-order valence-electron chi connectivity index (χ3n) is 7.03. The molecule has 0 saturated carbocycles. The van der Waals surface area contributed by atoms with E-state index in [1.165, 1.54) is 23.0 Å². The number of carbonyl (C=O) groups excluding carboxylic acids is 2. The number of nitrogens with one attached hydrogen (secondary N) is 2. The van der Waals surface area contributed by atoms with Crippen LogP contribution < -0.4 is 16.4 Å². The summed E-state index contributed by atoms with van der Waals surface area (Å²) >= 11 is 0. The molecule has 5 rings (SSSR count). The van der Waals surface area contributed by atoms with Crippen LogP contribution in [-0.4, -0.2) is 73.0 Å². The van der Waals surface area contributed by atoms with Crippen LogP contribution in [0.15, 0.2) is 43.0 Å². The van der Waals surface area contributed by atoms with Gasteiger partial charge in [0.05, 0.1) is 24.0 Å². The van der Waals surface area contributed by atoms with Crippen LogP contribution in [0.4, 0.5) is 33.5 Å². The van der Waals surface area contributed by atoms with E-state index < -0.39 is 36.3 Å². The largest absolute Gasteiger partial charge is 0.435 e. The number of hydrogen-bond acceptors (Lipinski definition) is 7.